The maximum atomic E-state index is 12.6. The fourth-order valence-corrected chi connectivity index (χ4v) is 3.05. The first-order valence-corrected chi connectivity index (χ1v) is 8.17. The number of carbonyl (C=O) groups excluding carboxylic acids is 1. The van der Waals surface area contributed by atoms with Crippen molar-refractivity contribution in [3.8, 4) is 0 Å². The molecule has 2 fully saturated rings. The third-order valence-corrected chi connectivity index (χ3v) is 4.52. The molecule has 0 radical (unpaired) electrons. The van der Waals surface area contributed by atoms with E-state index in [0.717, 1.165) is 25.6 Å². The fraction of sp³-hybridized carbons (Fsp3) is 0.938. The Morgan fingerprint density at radius 1 is 1.30 bits per heavy atom. The van der Waals surface area contributed by atoms with E-state index in [0.29, 0.717) is 17.7 Å². The summed E-state index contributed by atoms with van der Waals surface area (Å²) < 4.78 is 0. The summed E-state index contributed by atoms with van der Waals surface area (Å²) in [5.74, 6) is 1.27. The van der Waals surface area contributed by atoms with Gasteiger partial charge in [0.15, 0.2) is 0 Å². The van der Waals surface area contributed by atoms with Crippen LogP contribution in [0, 0.1) is 11.8 Å². The van der Waals surface area contributed by atoms with Gasteiger partial charge in [-0.15, -0.1) is 0 Å². The summed E-state index contributed by atoms with van der Waals surface area (Å²) in [6, 6.07) is 0.773. The van der Waals surface area contributed by atoms with Crippen LogP contribution in [-0.4, -0.2) is 54.1 Å². The molecule has 0 aromatic carbocycles. The topological polar surface area (TPSA) is 35.6 Å². The van der Waals surface area contributed by atoms with Crippen LogP contribution in [0.15, 0.2) is 0 Å². The smallest absolute Gasteiger partial charge is 0.241 e. The Balaban J connectivity index is 1.95. The number of nitrogens with one attached hydrogen (secondary N) is 1. The number of hydrogen-bond acceptors (Lipinski definition) is 3. The molecule has 20 heavy (non-hydrogen) atoms. The monoisotopic (exact) mass is 281 g/mol. The first-order valence-electron chi connectivity index (χ1n) is 8.17. The molecule has 1 saturated heterocycles. The summed E-state index contributed by atoms with van der Waals surface area (Å²) in [5, 5.41) is 3.55. The van der Waals surface area contributed by atoms with Crippen molar-refractivity contribution in [3.63, 3.8) is 0 Å². The normalized spacial score (nSPS) is 27.4. The lowest BCUT2D eigenvalue weighted by atomic mass is 10.0. The molecule has 1 saturated carbocycles. The highest BCUT2D eigenvalue weighted by atomic mass is 16.2. The molecule has 0 spiro atoms. The Bertz CT molecular complexity index is 339. The molecule has 1 heterocycles. The molecule has 116 valence electrons. The second kappa shape index (κ2) is 6.44. The lowest BCUT2D eigenvalue weighted by molar-refractivity contribution is -0.131. The molecule has 0 aromatic rings. The van der Waals surface area contributed by atoms with Gasteiger partial charge in [-0.05, 0) is 38.1 Å². The molecule has 1 aliphatic carbocycles. The van der Waals surface area contributed by atoms with Crippen molar-refractivity contribution in [1.82, 2.24) is 15.1 Å². The molecule has 1 aliphatic heterocycles. The van der Waals surface area contributed by atoms with Gasteiger partial charge in [0.2, 0.25) is 5.91 Å². The van der Waals surface area contributed by atoms with Crippen LogP contribution in [0.4, 0.5) is 0 Å². The molecular formula is C16H31N3O. The average molecular weight is 281 g/mol. The van der Waals surface area contributed by atoms with Gasteiger partial charge in [0.05, 0.1) is 12.2 Å². The summed E-state index contributed by atoms with van der Waals surface area (Å²) in [6.45, 7) is 10.6. The van der Waals surface area contributed by atoms with Crippen LogP contribution < -0.4 is 5.32 Å². The van der Waals surface area contributed by atoms with E-state index in [1.54, 1.807) is 0 Å². The molecule has 2 atom stereocenters. The van der Waals surface area contributed by atoms with Crippen LogP contribution in [0.3, 0.4) is 0 Å². The Labute approximate surface area is 123 Å². The van der Waals surface area contributed by atoms with E-state index in [1.165, 1.54) is 12.8 Å². The molecule has 2 unspecified atom stereocenters. The fourth-order valence-electron chi connectivity index (χ4n) is 3.05. The zero-order valence-electron chi connectivity index (χ0n) is 13.7. The third-order valence-electron chi connectivity index (χ3n) is 4.52. The molecule has 0 aromatic heterocycles. The zero-order valence-corrected chi connectivity index (χ0v) is 13.7. The summed E-state index contributed by atoms with van der Waals surface area (Å²) >= 11 is 0. The number of likely N-dealkylation sites (N-methyl/N-ethyl adjacent to an activating group) is 1. The standard InChI is InChI=1S/C16H31N3O/c1-11(2)10-14-17-15(12(3)4)16(20)19(14)9-8-18(5)13-6-7-13/h11-15,17H,6-10H2,1-5H3. The van der Waals surface area contributed by atoms with E-state index in [-0.39, 0.29) is 12.2 Å². The molecule has 0 bridgehead atoms. The van der Waals surface area contributed by atoms with E-state index in [9.17, 15) is 4.79 Å². The van der Waals surface area contributed by atoms with E-state index >= 15 is 0 Å². The predicted molar refractivity (Wildman–Crippen MR) is 82.4 cm³/mol. The minimum absolute atomic E-state index is 0.00461. The van der Waals surface area contributed by atoms with Crippen molar-refractivity contribution in [2.75, 3.05) is 20.1 Å². The Morgan fingerprint density at radius 2 is 1.95 bits per heavy atom. The van der Waals surface area contributed by atoms with Crippen molar-refractivity contribution in [1.29, 1.82) is 0 Å². The van der Waals surface area contributed by atoms with Crippen LogP contribution in [0.2, 0.25) is 0 Å². The average Bonchev–Trinajstić information content (AvgIpc) is 3.14. The molecule has 1 amide bonds. The maximum absolute atomic E-state index is 12.6. The first kappa shape index (κ1) is 15.8. The Kier molecular flexibility index (Phi) is 5.08. The number of rotatable bonds is 7. The molecule has 4 heteroatoms. The second-order valence-corrected chi connectivity index (χ2v) is 7.28. The highest BCUT2D eigenvalue weighted by Gasteiger charge is 2.40. The molecular weight excluding hydrogens is 250 g/mol. The van der Waals surface area contributed by atoms with Crippen LogP contribution in [-0.2, 0) is 4.79 Å². The van der Waals surface area contributed by atoms with Crippen LogP contribution in [0.1, 0.15) is 47.0 Å². The molecule has 2 aliphatic rings. The molecule has 1 N–H and O–H groups in total. The van der Waals surface area contributed by atoms with Gasteiger partial charge in [-0.1, -0.05) is 27.7 Å². The van der Waals surface area contributed by atoms with Crippen molar-refractivity contribution in [2.24, 2.45) is 11.8 Å². The van der Waals surface area contributed by atoms with Gasteiger partial charge in [-0.3, -0.25) is 10.1 Å². The number of amides is 1. The Morgan fingerprint density at radius 3 is 2.45 bits per heavy atom. The van der Waals surface area contributed by atoms with Gasteiger partial charge >= 0.3 is 0 Å². The predicted octanol–water partition coefficient (Wildman–Crippen LogP) is 1.91. The Hall–Kier alpha value is -0.610. The number of nitrogens with zero attached hydrogens (tertiary/aromatic N) is 2. The highest BCUT2D eigenvalue weighted by molar-refractivity contribution is 5.84. The minimum Gasteiger partial charge on any atom is -0.324 e. The highest BCUT2D eigenvalue weighted by Crippen LogP contribution is 2.26. The zero-order chi connectivity index (χ0) is 14.9. The summed E-state index contributed by atoms with van der Waals surface area (Å²) in [5.41, 5.74) is 0. The number of carbonyl (C=O) groups is 1. The van der Waals surface area contributed by atoms with Gasteiger partial charge in [0.1, 0.15) is 0 Å². The van der Waals surface area contributed by atoms with E-state index in [4.69, 9.17) is 0 Å². The third kappa shape index (κ3) is 3.73. The van der Waals surface area contributed by atoms with E-state index < -0.39 is 0 Å². The lowest BCUT2D eigenvalue weighted by Gasteiger charge is -2.27. The van der Waals surface area contributed by atoms with E-state index in [1.807, 2.05) is 0 Å². The first-order chi connectivity index (χ1) is 9.40. The van der Waals surface area contributed by atoms with Crippen molar-refractivity contribution >= 4 is 5.91 Å². The van der Waals surface area contributed by atoms with Crippen molar-refractivity contribution in [3.05, 3.63) is 0 Å². The van der Waals surface area contributed by atoms with E-state index in [2.05, 4.69) is 49.9 Å². The lowest BCUT2D eigenvalue weighted by Crippen LogP contribution is -2.42. The summed E-state index contributed by atoms with van der Waals surface area (Å²) in [6.07, 6.45) is 3.92. The number of hydrogen-bond donors (Lipinski definition) is 1. The van der Waals surface area contributed by atoms with Gasteiger partial charge in [0, 0.05) is 19.1 Å². The van der Waals surface area contributed by atoms with Crippen LogP contribution in [0.5, 0.6) is 0 Å². The van der Waals surface area contributed by atoms with Crippen LogP contribution >= 0.6 is 0 Å². The van der Waals surface area contributed by atoms with Gasteiger partial charge in [0.25, 0.3) is 0 Å². The van der Waals surface area contributed by atoms with Crippen LogP contribution in [0.25, 0.3) is 0 Å². The van der Waals surface area contributed by atoms with Crippen molar-refractivity contribution in [2.45, 2.75) is 65.2 Å². The van der Waals surface area contributed by atoms with Gasteiger partial charge in [-0.25, -0.2) is 0 Å². The maximum Gasteiger partial charge on any atom is 0.241 e. The van der Waals surface area contributed by atoms with Crippen molar-refractivity contribution < 1.29 is 4.79 Å². The SMILES string of the molecule is CC(C)CC1NC(C(C)C)C(=O)N1CCN(C)C1CC1. The largest absolute Gasteiger partial charge is 0.324 e. The molecule has 4 nitrogen and oxygen atoms in total. The quantitative estimate of drug-likeness (QED) is 0.774. The minimum atomic E-state index is 0.00461. The molecule has 2 rings (SSSR count). The second-order valence-electron chi connectivity index (χ2n) is 7.28. The summed E-state index contributed by atoms with van der Waals surface area (Å²) in [4.78, 5) is 17.1. The summed E-state index contributed by atoms with van der Waals surface area (Å²) in [7, 11) is 2.18. The van der Waals surface area contributed by atoms with Gasteiger partial charge < -0.3 is 9.80 Å². The van der Waals surface area contributed by atoms with Gasteiger partial charge in [-0.2, -0.15) is 0 Å².